The molecular formula is C23H25N3O3S. The van der Waals surface area contributed by atoms with Gasteiger partial charge in [-0.25, -0.2) is 4.98 Å². The molecule has 1 aliphatic rings. The third-order valence-electron chi connectivity index (χ3n) is 5.23. The van der Waals surface area contributed by atoms with Crippen LogP contribution in [0.5, 0.6) is 0 Å². The minimum atomic E-state index is -0.127. The van der Waals surface area contributed by atoms with Crippen LogP contribution in [0.3, 0.4) is 0 Å². The molecule has 1 N–H and O–H groups in total. The molecule has 0 saturated carbocycles. The van der Waals surface area contributed by atoms with E-state index in [0.717, 1.165) is 36.3 Å². The van der Waals surface area contributed by atoms with Crippen LogP contribution in [-0.4, -0.2) is 33.9 Å². The van der Waals surface area contributed by atoms with Crippen molar-refractivity contribution < 1.29 is 9.53 Å². The van der Waals surface area contributed by atoms with Gasteiger partial charge in [0.15, 0.2) is 5.16 Å². The van der Waals surface area contributed by atoms with E-state index in [4.69, 9.17) is 4.74 Å². The van der Waals surface area contributed by atoms with E-state index in [1.165, 1.54) is 11.8 Å². The number of thioether (sulfide) groups is 1. The fraction of sp³-hybridized carbons (Fsp3) is 0.348. The molecule has 1 aliphatic heterocycles. The van der Waals surface area contributed by atoms with Gasteiger partial charge in [0.25, 0.3) is 5.56 Å². The summed E-state index contributed by atoms with van der Waals surface area (Å²) in [6, 6.07) is 13.2. The summed E-state index contributed by atoms with van der Waals surface area (Å²) in [5.41, 5.74) is 3.53. The fourth-order valence-electron chi connectivity index (χ4n) is 3.68. The number of carbonyl (C=O) groups is 1. The topological polar surface area (TPSA) is 73.2 Å². The Morgan fingerprint density at radius 2 is 2.10 bits per heavy atom. The van der Waals surface area contributed by atoms with Gasteiger partial charge in [0.2, 0.25) is 5.91 Å². The van der Waals surface area contributed by atoms with Crippen LogP contribution >= 0.6 is 11.8 Å². The third-order valence-corrected chi connectivity index (χ3v) is 6.20. The number of rotatable bonds is 6. The Hall–Kier alpha value is -2.64. The molecule has 4 rings (SSSR count). The molecule has 0 bridgehead atoms. The van der Waals surface area contributed by atoms with E-state index in [-0.39, 0.29) is 23.3 Å². The first-order valence-electron chi connectivity index (χ1n) is 10.1. The lowest BCUT2D eigenvalue weighted by Crippen LogP contribution is -2.29. The summed E-state index contributed by atoms with van der Waals surface area (Å²) in [5, 5.41) is 4.08. The van der Waals surface area contributed by atoms with Gasteiger partial charge >= 0.3 is 0 Å². The van der Waals surface area contributed by atoms with Crippen LogP contribution in [0.1, 0.15) is 24.0 Å². The molecule has 3 aromatic rings. The zero-order valence-electron chi connectivity index (χ0n) is 17.2. The van der Waals surface area contributed by atoms with E-state index in [1.54, 1.807) is 10.6 Å². The quantitative estimate of drug-likeness (QED) is 0.480. The van der Waals surface area contributed by atoms with Gasteiger partial charge in [0.05, 0.1) is 29.3 Å². The van der Waals surface area contributed by atoms with Gasteiger partial charge in [-0.1, -0.05) is 41.6 Å². The lowest BCUT2D eigenvalue weighted by atomic mass is 10.1. The van der Waals surface area contributed by atoms with Crippen molar-refractivity contribution in [3.8, 4) is 0 Å². The largest absolute Gasteiger partial charge is 0.376 e. The molecule has 2 heterocycles. The summed E-state index contributed by atoms with van der Waals surface area (Å²) in [4.78, 5) is 30.3. The highest BCUT2D eigenvalue weighted by atomic mass is 32.2. The lowest BCUT2D eigenvalue weighted by molar-refractivity contribution is -0.113. The normalized spacial score (nSPS) is 16.1. The first kappa shape index (κ1) is 20.6. The number of aromatic nitrogens is 2. The van der Waals surface area contributed by atoms with Crippen LogP contribution in [0.25, 0.3) is 10.9 Å². The summed E-state index contributed by atoms with van der Waals surface area (Å²) < 4.78 is 7.39. The first-order chi connectivity index (χ1) is 14.5. The average molecular weight is 424 g/mol. The number of aryl methyl sites for hydroxylation is 2. The number of carbonyl (C=O) groups excluding carboxylic acids is 1. The van der Waals surface area contributed by atoms with Crippen molar-refractivity contribution in [1.29, 1.82) is 0 Å². The van der Waals surface area contributed by atoms with Crippen molar-refractivity contribution >= 4 is 34.3 Å². The van der Waals surface area contributed by atoms with Crippen molar-refractivity contribution in [2.75, 3.05) is 17.7 Å². The molecule has 1 aromatic heterocycles. The van der Waals surface area contributed by atoms with E-state index >= 15 is 0 Å². The van der Waals surface area contributed by atoms with Gasteiger partial charge in [-0.15, -0.1) is 0 Å². The van der Waals surface area contributed by atoms with Crippen molar-refractivity contribution in [1.82, 2.24) is 9.55 Å². The minimum Gasteiger partial charge on any atom is -0.376 e. The maximum atomic E-state index is 13.1. The second-order valence-electron chi connectivity index (χ2n) is 7.62. The van der Waals surface area contributed by atoms with Gasteiger partial charge < -0.3 is 10.1 Å². The number of para-hydroxylation sites is 1. The van der Waals surface area contributed by atoms with Gasteiger partial charge in [0.1, 0.15) is 0 Å². The van der Waals surface area contributed by atoms with Crippen molar-refractivity contribution in [2.24, 2.45) is 0 Å². The summed E-state index contributed by atoms with van der Waals surface area (Å²) >= 11 is 1.28. The summed E-state index contributed by atoms with van der Waals surface area (Å²) in [5.74, 6) is 0.0434. The molecule has 2 aromatic carbocycles. The van der Waals surface area contributed by atoms with E-state index in [1.807, 2.05) is 50.2 Å². The Labute approximate surface area is 179 Å². The SMILES string of the molecule is Cc1ccc(NC(=O)CSc2nc3ccccc3c(=O)n2C[C@H]2CCCO2)c(C)c1. The van der Waals surface area contributed by atoms with E-state index in [9.17, 15) is 9.59 Å². The maximum Gasteiger partial charge on any atom is 0.262 e. The Balaban J connectivity index is 1.56. The zero-order valence-corrected chi connectivity index (χ0v) is 18.0. The third kappa shape index (κ3) is 4.57. The number of hydrogen-bond acceptors (Lipinski definition) is 5. The molecule has 0 radical (unpaired) electrons. The number of benzene rings is 2. The Morgan fingerprint density at radius 1 is 1.27 bits per heavy atom. The van der Waals surface area contributed by atoms with Crippen LogP contribution in [0, 0.1) is 13.8 Å². The van der Waals surface area contributed by atoms with Gasteiger partial charge in [-0.2, -0.15) is 0 Å². The van der Waals surface area contributed by atoms with Crippen LogP contribution in [0.15, 0.2) is 52.4 Å². The molecule has 0 spiro atoms. The maximum absolute atomic E-state index is 13.1. The number of hydrogen-bond donors (Lipinski definition) is 1. The molecule has 156 valence electrons. The lowest BCUT2D eigenvalue weighted by Gasteiger charge is -2.16. The molecule has 0 unspecified atom stereocenters. The zero-order chi connectivity index (χ0) is 21.1. The van der Waals surface area contributed by atoms with Gasteiger partial charge in [-0.3, -0.25) is 14.2 Å². The second kappa shape index (κ2) is 9.02. The standard InChI is InChI=1S/C23H25N3O3S/c1-15-9-10-19(16(2)12-15)24-21(27)14-30-23-25-20-8-4-3-7-18(20)22(28)26(23)13-17-6-5-11-29-17/h3-4,7-10,12,17H,5-6,11,13-14H2,1-2H3,(H,24,27)/t17-/m1/s1. The summed E-state index contributed by atoms with van der Waals surface area (Å²) in [7, 11) is 0. The highest BCUT2D eigenvalue weighted by molar-refractivity contribution is 7.99. The van der Waals surface area contributed by atoms with Crippen molar-refractivity contribution in [2.45, 2.75) is 44.5 Å². The minimum absolute atomic E-state index is 0.00838. The second-order valence-corrected chi connectivity index (χ2v) is 8.56. The number of anilines is 1. The Morgan fingerprint density at radius 3 is 2.87 bits per heavy atom. The summed E-state index contributed by atoms with van der Waals surface area (Å²) in [6.45, 7) is 5.17. The van der Waals surface area contributed by atoms with E-state index in [0.29, 0.717) is 22.6 Å². The smallest absolute Gasteiger partial charge is 0.262 e. The van der Waals surface area contributed by atoms with E-state index in [2.05, 4.69) is 10.3 Å². The number of nitrogens with zero attached hydrogens (tertiary/aromatic N) is 2. The molecular weight excluding hydrogens is 398 g/mol. The number of nitrogens with one attached hydrogen (secondary N) is 1. The van der Waals surface area contributed by atoms with Crippen LogP contribution in [0.2, 0.25) is 0 Å². The summed E-state index contributed by atoms with van der Waals surface area (Å²) in [6.07, 6.45) is 1.94. The fourth-order valence-corrected chi connectivity index (χ4v) is 4.49. The molecule has 1 atom stereocenters. The van der Waals surface area contributed by atoms with Gasteiger partial charge in [-0.05, 0) is 50.5 Å². The molecule has 1 amide bonds. The van der Waals surface area contributed by atoms with Crippen LogP contribution in [-0.2, 0) is 16.1 Å². The molecule has 7 heteroatoms. The highest BCUT2D eigenvalue weighted by Crippen LogP contribution is 2.22. The number of amides is 1. The number of ether oxygens (including phenoxy) is 1. The number of fused-ring (bicyclic) bond motifs is 1. The molecule has 1 fully saturated rings. The van der Waals surface area contributed by atoms with Gasteiger partial charge in [0, 0.05) is 12.3 Å². The monoisotopic (exact) mass is 423 g/mol. The highest BCUT2D eigenvalue weighted by Gasteiger charge is 2.20. The van der Waals surface area contributed by atoms with E-state index < -0.39 is 0 Å². The van der Waals surface area contributed by atoms with Crippen LogP contribution < -0.4 is 10.9 Å². The Kier molecular flexibility index (Phi) is 6.20. The van der Waals surface area contributed by atoms with Crippen molar-refractivity contribution in [3.63, 3.8) is 0 Å². The predicted molar refractivity (Wildman–Crippen MR) is 120 cm³/mol. The first-order valence-corrected chi connectivity index (χ1v) is 11.1. The molecule has 30 heavy (non-hydrogen) atoms. The van der Waals surface area contributed by atoms with Crippen LogP contribution in [0.4, 0.5) is 5.69 Å². The Bertz CT molecular complexity index is 1140. The predicted octanol–water partition coefficient (Wildman–Crippen LogP) is 3.92. The van der Waals surface area contributed by atoms with Crippen molar-refractivity contribution in [3.05, 3.63) is 63.9 Å². The molecule has 0 aliphatic carbocycles. The molecule has 1 saturated heterocycles. The molecule has 6 nitrogen and oxygen atoms in total. The average Bonchev–Trinajstić information content (AvgIpc) is 3.24.